The molecule has 110 valence electrons. The molecule has 0 spiro atoms. The summed E-state index contributed by atoms with van der Waals surface area (Å²) < 4.78 is 7.06. The van der Waals surface area contributed by atoms with E-state index in [0.717, 1.165) is 42.0 Å². The molecule has 1 saturated heterocycles. The van der Waals surface area contributed by atoms with Crippen molar-refractivity contribution >= 4 is 28.1 Å². The number of aryl methyl sites for hydroxylation is 1. The second-order valence-corrected chi connectivity index (χ2v) is 6.57. The van der Waals surface area contributed by atoms with Gasteiger partial charge in [0.25, 0.3) is 0 Å². The van der Waals surface area contributed by atoms with Gasteiger partial charge >= 0.3 is 0 Å². The van der Waals surface area contributed by atoms with E-state index in [4.69, 9.17) is 17.0 Å². The fourth-order valence-electron chi connectivity index (χ4n) is 2.94. The highest BCUT2D eigenvalue weighted by molar-refractivity contribution is 9.10. The van der Waals surface area contributed by atoms with E-state index >= 15 is 0 Å². The number of nitrogens with one attached hydrogen (secondary N) is 1. The third-order valence-electron chi connectivity index (χ3n) is 4.16. The van der Waals surface area contributed by atoms with Gasteiger partial charge in [-0.3, -0.25) is 0 Å². The summed E-state index contributed by atoms with van der Waals surface area (Å²) in [6, 6.07) is 10.5. The van der Waals surface area contributed by atoms with Gasteiger partial charge in [0, 0.05) is 18.9 Å². The Bertz CT molecular complexity index is 693. The number of benzene rings is 1. The Balaban J connectivity index is 2.19. The van der Waals surface area contributed by atoms with E-state index in [9.17, 15) is 0 Å². The molecule has 1 aliphatic heterocycles. The van der Waals surface area contributed by atoms with Crippen molar-refractivity contribution in [1.82, 2.24) is 9.97 Å². The molecular weight excluding hydrogens is 348 g/mol. The maximum Gasteiger partial charge on any atom is 0.144 e. The molecule has 1 aromatic heterocycles. The summed E-state index contributed by atoms with van der Waals surface area (Å²) in [5, 5.41) is 0. The van der Waals surface area contributed by atoms with Crippen LogP contribution in [0.15, 0.2) is 34.8 Å². The second-order valence-electron chi connectivity index (χ2n) is 5.39. The van der Waals surface area contributed by atoms with Crippen molar-refractivity contribution in [2.45, 2.75) is 25.2 Å². The van der Waals surface area contributed by atoms with Gasteiger partial charge in [-0.05, 0) is 41.3 Å². The first-order valence-electron chi connectivity index (χ1n) is 7.04. The minimum atomic E-state index is -0.140. The third-order valence-corrected chi connectivity index (χ3v) is 5.69. The molecule has 0 radical (unpaired) electrons. The zero-order valence-electron chi connectivity index (χ0n) is 11.9. The topological polar surface area (TPSA) is 37.9 Å². The Morgan fingerprint density at radius 1 is 1.24 bits per heavy atom. The van der Waals surface area contributed by atoms with Crippen LogP contribution in [-0.4, -0.2) is 23.2 Å². The van der Waals surface area contributed by atoms with E-state index in [2.05, 4.69) is 50.2 Å². The number of hydrogen-bond donors (Lipinski definition) is 1. The molecule has 1 aromatic carbocycles. The lowest BCUT2D eigenvalue weighted by molar-refractivity contribution is 0.0603. The molecule has 0 bridgehead atoms. The quantitative estimate of drug-likeness (QED) is 0.806. The Morgan fingerprint density at radius 3 is 2.52 bits per heavy atom. The summed E-state index contributed by atoms with van der Waals surface area (Å²) in [6.07, 6.45) is 1.83. The molecule has 0 amide bonds. The van der Waals surface area contributed by atoms with Gasteiger partial charge in [-0.1, -0.05) is 42.5 Å². The van der Waals surface area contributed by atoms with Crippen LogP contribution < -0.4 is 0 Å². The van der Waals surface area contributed by atoms with Crippen molar-refractivity contribution in [3.63, 3.8) is 0 Å². The minimum Gasteiger partial charge on any atom is -0.381 e. The molecule has 0 saturated carbocycles. The fourth-order valence-corrected chi connectivity index (χ4v) is 3.37. The number of hydrogen-bond acceptors (Lipinski definition) is 3. The van der Waals surface area contributed by atoms with Crippen LogP contribution in [-0.2, 0) is 10.2 Å². The summed E-state index contributed by atoms with van der Waals surface area (Å²) in [5.41, 5.74) is 2.15. The van der Waals surface area contributed by atoms with Crippen LogP contribution in [0.2, 0.25) is 0 Å². The molecule has 0 unspecified atom stereocenters. The molecule has 1 N–H and O–H groups in total. The first kappa shape index (κ1) is 14.9. The number of nitrogens with zero attached hydrogens (tertiary/aromatic N) is 1. The summed E-state index contributed by atoms with van der Waals surface area (Å²) in [6.45, 7) is 3.50. The van der Waals surface area contributed by atoms with Crippen LogP contribution in [0.25, 0.3) is 0 Å². The predicted octanol–water partition coefficient (Wildman–Crippen LogP) is 4.31. The summed E-state index contributed by atoms with van der Waals surface area (Å²) in [4.78, 5) is 8.11. The lowest BCUT2D eigenvalue weighted by Crippen LogP contribution is -2.37. The van der Waals surface area contributed by atoms with Crippen molar-refractivity contribution in [1.29, 1.82) is 0 Å². The fraction of sp³-hybridized carbons (Fsp3) is 0.375. The van der Waals surface area contributed by atoms with Crippen molar-refractivity contribution < 1.29 is 4.74 Å². The maximum atomic E-state index is 5.57. The Morgan fingerprint density at radius 2 is 1.90 bits per heavy atom. The molecule has 1 fully saturated rings. The SMILES string of the molecule is Cc1[nH]c(C2(c3ccccc3)CCOCC2)nc(=S)c1Br. The molecule has 0 atom stereocenters. The highest BCUT2D eigenvalue weighted by Gasteiger charge is 2.38. The van der Waals surface area contributed by atoms with E-state index in [1.165, 1.54) is 5.56 Å². The van der Waals surface area contributed by atoms with Gasteiger partial charge in [-0.2, -0.15) is 0 Å². The zero-order valence-corrected chi connectivity index (χ0v) is 14.3. The van der Waals surface area contributed by atoms with Crippen LogP contribution in [0.3, 0.4) is 0 Å². The molecule has 0 aliphatic carbocycles. The van der Waals surface area contributed by atoms with Gasteiger partial charge in [0.15, 0.2) is 0 Å². The lowest BCUT2D eigenvalue weighted by atomic mass is 9.73. The van der Waals surface area contributed by atoms with Gasteiger partial charge in [0.2, 0.25) is 0 Å². The van der Waals surface area contributed by atoms with Crippen molar-refractivity contribution in [3.05, 3.63) is 56.5 Å². The van der Waals surface area contributed by atoms with Gasteiger partial charge < -0.3 is 9.72 Å². The number of H-pyrrole nitrogens is 1. The van der Waals surface area contributed by atoms with Crippen LogP contribution >= 0.6 is 28.1 Å². The molecule has 3 rings (SSSR count). The largest absolute Gasteiger partial charge is 0.381 e. The van der Waals surface area contributed by atoms with Crippen LogP contribution in [0.5, 0.6) is 0 Å². The first-order chi connectivity index (χ1) is 10.1. The van der Waals surface area contributed by atoms with Gasteiger partial charge in [0.1, 0.15) is 10.5 Å². The maximum absolute atomic E-state index is 5.57. The number of aromatic amines is 1. The second kappa shape index (κ2) is 5.99. The molecular formula is C16H17BrN2OS. The predicted molar refractivity (Wildman–Crippen MR) is 89.1 cm³/mol. The van der Waals surface area contributed by atoms with Gasteiger partial charge in [-0.15, -0.1) is 0 Å². The van der Waals surface area contributed by atoms with E-state index in [1.54, 1.807) is 0 Å². The van der Waals surface area contributed by atoms with E-state index in [-0.39, 0.29) is 5.41 Å². The third kappa shape index (κ3) is 2.70. The first-order valence-corrected chi connectivity index (χ1v) is 8.24. The van der Waals surface area contributed by atoms with E-state index in [0.29, 0.717) is 4.64 Å². The molecule has 5 heteroatoms. The monoisotopic (exact) mass is 364 g/mol. The summed E-state index contributed by atoms with van der Waals surface area (Å²) >= 11 is 8.88. The average Bonchev–Trinajstić information content (AvgIpc) is 2.53. The normalized spacial score (nSPS) is 17.6. The van der Waals surface area contributed by atoms with E-state index in [1.807, 2.05) is 13.0 Å². The molecule has 3 nitrogen and oxygen atoms in total. The number of halogens is 1. The summed E-state index contributed by atoms with van der Waals surface area (Å²) in [5.74, 6) is 0.947. The molecule has 2 aromatic rings. The standard InChI is InChI=1S/C16H17BrN2OS/c1-11-13(17)14(21)19-15(18-11)16(7-9-20-10-8-16)12-5-3-2-4-6-12/h2-6H,7-10H2,1H3,(H,18,19,21). The zero-order chi connectivity index (χ0) is 14.9. The Kier molecular flexibility index (Phi) is 4.24. The van der Waals surface area contributed by atoms with Gasteiger partial charge in [0.05, 0.1) is 9.89 Å². The highest BCUT2D eigenvalue weighted by atomic mass is 79.9. The van der Waals surface area contributed by atoms with Crippen LogP contribution in [0.4, 0.5) is 0 Å². The smallest absolute Gasteiger partial charge is 0.144 e. The Labute approximate surface area is 137 Å². The molecule has 21 heavy (non-hydrogen) atoms. The summed E-state index contributed by atoms with van der Waals surface area (Å²) in [7, 11) is 0. The average molecular weight is 365 g/mol. The Hall–Kier alpha value is -1.04. The lowest BCUT2D eigenvalue weighted by Gasteiger charge is -2.37. The highest BCUT2D eigenvalue weighted by Crippen LogP contribution is 2.39. The molecule has 1 aliphatic rings. The van der Waals surface area contributed by atoms with Gasteiger partial charge in [-0.25, -0.2) is 4.98 Å². The van der Waals surface area contributed by atoms with Crippen molar-refractivity contribution in [2.24, 2.45) is 0 Å². The van der Waals surface area contributed by atoms with Crippen molar-refractivity contribution in [2.75, 3.05) is 13.2 Å². The number of rotatable bonds is 2. The van der Waals surface area contributed by atoms with Crippen LogP contribution in [0.1, 0.15) is 29.9 Å². The minimum absolute atomic E-state index is 0.140. The van der Waals surface area contributed by atoms with Crippen molar-refractivity contribution in [3.8, 4) is 0 Å². The van der Waals surface area contributed by atoms with Crippen LogP contribution in [0, 0.1) is 11.6 Å². The molecule has 2 heterocycles. The van der Waals surface area contributed by atoms with E-state index < -0.39 is 0 Å². The number of ether oxygens (including phenoxy) is 1. The number of aromatic nitrogens is 2.